The van der Waals surface area contributed by atoms with Crippen LogP contribution >= 0.6 is 0 Å². The number of ether oxygens (including phenoxy) is 1. The molecule has 1 atom stereocenters. The predicted molar refractivity (Wildman–Crippen MR) is 91.0 cm³/mol. The number of carbonyl (C=O) groups is 1. The van der Waals surface area contributed by atoms with Crippen LogP contribution in [0.3, 0.4) is 0 Å². The summed E-state index contributed by atoms with van der Waals surface area (Å²) in [5.74, 6) is -2.40. The highest BCUT2D eigenvalue weighted by Crippen LogP contribution is 2.44. The number of benzene rings is 1. The third kappa shape index (κ3) is 3.81. The van der Waals surface area contributed by atoms with Crippen LogP contribution in [-0.4, -0.2) is 18.0 Å². The van der Waals surface area contributed by atoms with Gasteiger partial charge in [0.15, 0.2) is 0 Å². The molecule has 1 aliphatic rings. The van der Waals surface area contributed by atoms with E-state index in [-0.39, 0.29) is 29.7 Å². The van der Waals surface area contributed by atoms with Gasteiger partial charge in [0.2, 0.25) is 0 Å². The molecular weight excluding hydrogens is 365 g/mol. The number of nitrogens with zero attached hydrogens (tertiary/aromatic N) is 1. The van der Waals surface area contributed by atoms with Gasteiger partial charge in [0, 0.05) is 5.70 Å². The molecule has 6 nitrogen and oxygen atoms in total. The number of allylic oxidation sites excluding steroid dienone is 3. The molecule has 146 valence electrons. The molecule has 0 radical (unpaired) electrons. The van der Waals surface area contributed by atoms with Gasteiger partial charge < -0.3 is 10.1 Å². The molecule has 9 heteroatoms. The van der Waals surface area contributed by atoms with E-state index in [1.807, 2.05) is 0 Å². The number of hydrogen-bond acceptors (Lipinski definition) is 5. The Morgan fingerprint density at radius 2 is 1.81 bits per heavy atom. The van der Waals surface area contributed by atoms with Crippen LogP contribution in [0.25, 0.3) is 0 Å². The first-order valence-corrected chi connectivity index (χ1v) is 8.29. The number of carbonyl (C=O) groups excluding carboxylic acids is 1. The molecule has 0 aliphatic carbocycles. The SMILES string of the molecule is CCC1=C(C(=O)OC)C(c2ccccc2C(F)(F)F)C([N+](=O)[O-])=C(CC)N1. The van der Waals surface area contributed by atoms with Gasteiger partial charge in [-0.25, -0.2) is 4.79 Å². The molecule has 0 saturated heterocycles. The van der Waals surface area contributed by atoms with Gasteiger partial charge in [-0.15, -0.1) is 0 Å². The Labute approximate surface area is 153 Å². The van der Waals surface area contributed by atoms with Gasteiger partial charge in [-0.2, -0.15) is 13.2 Å². The number of nitrogens with one attached hydrogen (secondary N) is 1. The summed E-state index contributed by atoms with van der Waals surface area (Å²) in [5.41, 5.74) is -1.55. The number of esters is 1. The molecule has 1 aromatic carbocycles. The van der Waals surface area contributed by atoms with E-state index in [9.17, 15) is 28.1 Å². The number of halogens is 3. The average Bonchev–Trinajstić information content (AvgIpc) is 2.64. The van der Waals surface area contributed by atoms with Gasteiger partial charge in [0.1, 0.15) is 5.92 Å². The minimum atomic E-state index is -4.73. The second-order valence-corrected chi connectivity index (χ2v) is 5.85. The summed E-state index contributed by atoms with van der Waals surface area (Å²) < 4.78 is 45.4. The first kappa shape index (κ1) is 20.5. The fourth-order valence-corrected chi connectivity index (χ4v) is 3.22. The van der Waals surface area contributed by atoms with Crippen molar-refractivity contribution in [2.75, 3.05) is 7.11 Å². The lowest BCUT2D eigenvalue weighted by atomic mass is 9.80. The number of nitro groups is 1. The third-order valence-corrected chi connectivity index (χ3v) is 4.38. The summed E-state index contributed by atoms with van der Waals surface area (Å²) in [7, 11) is 1.08. The smallest absolute Gasteiger partial charge is 0.416 e. The van der Waals surface area contributed by atoms with E-state index in [4.69, 9.17) is 4.74 Å². The van der Waals surface area contributed by atoms with E-state index < -0.39 is 34.2 Å². The molecule has 1 unspecified atom stereocenters. The van der Waals surface area contributed by atoms with Crippen LogP contribution < -0.4 is 5.32 Å². The van der Waals surface area contributed by atoms with Gasteiger partial charge in [-0.1, -0.05) is 32.0 Å². The molecule has 0 amide bonds. The van der Waals surface area contributed by atoms with Crippen LogP contribution in [0.4, 0.5) is 13.2 Å². The average molecular weight is 384 g/mol. The third-order valence-electron chi connectivity index (χ3n) is 4.38. The molecular formula is C18H19F3N2O4. The molecule has 1 aromatic rings. The fourth-order valence-electron chi connectivity index (χ4n) is 3.22. The van der Waals surface area contributed by atoms with Crippen molar-refractivity contribution in [3.63, 3.8) is 0 Å². The summed E-state index contributed by atoms with van der Waals surface area (Å²) in [4.78, 5) is 23.4. The van der Waals surface area contributed by atoms with Crippen molar-refractivity contribution >= 4 is 5.97 Å². The first-order chi connectivity index (χ1) is 12.7. The zero-order valence-electron chi connectivity index (χ0n) is 15.0. The Morgan fingerprint density at radius 1 is 1.22 bits per heavy atom. The monoisotopic (exact) mass is 384 g/mol. The normalized spacial score (nSPS) is 17.6. The van der Waals surface area contributed by atoms with Gasteiger partial charge in [0.25, 0.3) is 5.70 Å². The number of methoxy groups -OCH3 is 1. The summed E-state index contributed by atoms with van der Waals surface area (Å²) >= 11 is 0. The van der Waals surface area contributed by atoms with Crippen LogP contribution in [0.1, 0.15) is 43.7 Å². The maximum Gasteiger partial charge on any atom is 0.416 e. The zero-order chi connectivity index (χ0) is 20.4. The molecule has 0 bridgehead atoms. The molecule has 0 aromatic heterocycles. The van der Waals surface area contributed by atoms with Crippen molar-refractivity contribution in [2.45, 2.75) is 38.8 Å². The van der Waals surface area contributed by atoms with E-state index in [1.54, 1.807) is 13.8 Å². The maximum atomic E-state index is 13.6. The van der Waals surface area contributed by atoms with Gasteiger partial charge in [-0.05, 0) is 24.5 Å². The van der Waals surface area contributed by atoms with Crippen LogP contribution in [0.15, 0.2) is 46.9 Å². The second-order valence-electron chi connectivity index (χ2n) is 5.85. The van der Waals surface area contributed by atoms with Crippen LogP contribution in [-0.2, 0) is 15.7 Å². The molecule has 1 N–H and O–H groups in total. The topological polar surface area (TPSA) is 81.5 Å². The van der Waals surface area contributed by atoms with Crippen LogP contribution in [0, 0.1) is 10.1 Å². The van der Waals surface area contributed by atoms with E-state index in [0.717, 1.165) is 19.2 Å². The number of hydrogen-bond donors (Lipinski definition) is 1. The summed E-state index contributed by atoms with van der Waals surface area (Å²) in [6.07, 6.45) is -4.27. The van der Waals surface area contributed by atoms with Crippen LogP contribution in [0.2, 0.25) is 0 Å². The molecule has 0 spiro atoms. The van der Waals surface area contributed by atoms with E-state index >= 15 is 0 Å². The Bertz CT molecular complexity index is 828. The Hall–Kier alpha value is -2.84. The van der Waals surface area contributed by atoms with Crippen molar-refractivity contribution in [2.24, 2.45) is 0 Å². The lowest BCUT2D eigenvalue weighted by molar-refractivity contribution is -0.431. The largest absolute Gasteiger partial charge is 0.466 e. The second kappa shape index (κ2) is 7.81. The quantitative estimate of drug-likeness (QED) is 0.469. The van der Waals surface area contributed by atoms with Crippen molar-refractivity contribution < 1.29 is 27.6 Å². The van der Waals surface area contributed by atoms with Gasteiger partial charge in [0.05, 0.1) is 28.9 Å². The van der Waals surface area contributed by atoms with E-state index in [0.29, 0.717) is 5.70 Å². The lowest BCUT2D eigenvalue weighted by Crippen LogP contribution is -2.33. The van der Waals surface area contributed by atoms with Crippen LogP contribution in [0.5, 0.6) is 0 Å². The van der Waals surface area contributed by atoms with Crippen molar-refractivity contribution in [1.82, 2.24) is 5.32 Å². The highest BCUT2D eigenvalue weighted by molar-refractivity contribution is 5.92. The maximum absolute atomic E-state index is 13.6. The highest BCUT2D eigenvalue weighted by atomic mass is 19.4. The Balaban J connectivity index is 2.89. The molecule has 0 saturated carbocycles. The molecule has 1 aliphatic heterocycles. The zero-order valence-corrected chi connectivity index (χ0v) is 15.0. The summed E-state index contributed by atoms with van der Waals surface area (Å²) in [5, 5.41) is 14.6. The minimum absolute atomic E-state index is 0.173. The van der Waals surface area contributed by atoms with E-state index in [1.165, 1.54) is 12.1 Å². The number of rotatable bonds is 5. The summed E-state index contributed by atoms with van der Waals surface area (Å²) in [6.45, 7) is 3.34. The molecule has 1 heterocycles. The van der Waals surface area contributed by atoms with Crippen molar-refractivity contribution in [3.05, 3.63) is 68.2 Å². The molecule has 27 heavy (non-hydrogen) atoms. The predicted octanol–water partition coefficient (Wildman–Crippen LogP) is 4.13. The highest BCUT2D eigenvalue weighted by Gasteiger charge is 2.45. The van der Waals surface area contributed by atoms with E-state index in [2.05, 4.69) is 5.32 Å². The number of dihydropyridines is 1. The standard InChI is InChI=1S/C18H19F3N2O4/c1-4-12-15(17(24)27-3)14(16(23(25)26)13(5-2)22-12)10-8-6-7-9-11(10)18(19,20)21/h6-9,14,22H,4-5H2,1-3H3. The Kier molecular flexibility index (Phi) is 5.92. The minimum Gasteiger partial charge on any atom is -0.466 e. The van der Waals surface area contributed by atoms with Crippen molar-refractivity contribution in [1.29, 1.82) is 0 Å². The first-order valence-electron chi connectivity index (χ1n) is 8.29. The summed E-state index contributed by atoms with van der Waals surface area (Å²) in [6, 6.07) is 4.56. The van der Waals surface area contributed by atoms with Crippen molar-refractivity contribution in [3.8, 4) is 0 Å². The Morgan fingerprint density at radius 3 is 2.30 bits per heavy atom. The lowest BCUT2D eigenvalue weighted by Gasteiger charge is -2.29. The molecule has 2 rings (SSSR count). The van der Waals surface area contributed by atoms with Gasteiger partial charge >= 0.3 is 12.1 Å². The molecule has 0 fully saturated rings. The fraction of sp³-hybridized carbons (Fsp3) is 0.389. The van der Waals surface area contributed by atoms with Gasteiger partial charge in [-0.3, -0.25) is 10.1 Å². The number of alkyl halides is 3.